The van der Waals surface area contributed by atoms with Gasteiger partial charge in [-0.1, -0.05) is 18.2 Å². The molecule has 24 heavy (non-hydrogen) atoms. The number of hydrogen-bond acceptors (Lipinski definition) is 8. The number of hydrogen-bond donors (Lipinski definition) is 2. The first-order chi connectivity index (χ1) is 11.3. The summed E-state index contributed by atoms with van der Waals surface area (Å²) in [5.41, 5.74) is 7.15. The monoisotopic (exact) mass is 345 g/mol. The Morgan fingerprint density at radius 1 is 1.12 bits per heavy atom. The molecule has 0 aliphatic rings. The van der Waals surface area contributed by atoms with E-state index in [2.05, 4.69) is 25.4 Å². The zero-order valence-electron chi connectivity index (χ0n) is 13.0. The zero-order valence-corrected chi connectivity index (χ0v) is 13.8. The second kappa shape index (κ2) is 5.89. The number of aryl methyl sites for hydroxylation is 1. The minimum atomic E-state index is -3.55. The molecule has 0 radical (unpaired) electrons. The maximum absolute atomic E-state index is 11.7. The van der Waals surface area contributed by atoms with Gasteiger partial charge in [0.1, 0.15) is 0 Å². The number of sulfone groups is 1. The average Bonchev–Trinajstić information content (AvgIpc) is 2.87. The van der Waals surface area contributed by atoms with Crippen LogP contribution in [0.3, 0.4) is 0 Å². The molecule has 3 aromatic rings. The van der Waals surface area contributed by atoms with Gasteiger partial charge < -0.3 is 11.1 Å². The third-order valence-electron chi connectivity index (χ3n) is 3.03. The molecule has 2 heterocycles. The van der Waals surface area contributed by atoms with Crippen molar-refractivity contribution in [2.75, 3.05) is 17.3 Å². The van der Waals surface area contributed by atoms with Crippen molar-refractivity contribution in [3.8, 4) is 5.82 Å². The Kier molecular flexibility index (Phi) is 3.89. The molecule has 0 saturated carbocycles. The molecule has 3 N–H and O–H groups in total. The van der Waals surface area contributed by atoms with Crippen LogP contribution in [-0.2, 0) is 9.84 Å². The normalized spacial score (nSPS) is 11.4. The molecule has 0 atom stereocenters. The lowest BCUT2D eigenvalue weighted by atomic mass is 10.3. The Hall–Kier alpha value is -3.01. The number of nitrogen functional groups attached to an aromatic ring is 1. The Balaban J connectivity index is 2.00. The number of nitrogens with zero attached hydrogens (tertiary/aromatic N) is 5. The van der Waals surface area contributed by atoms with Gasteiger partial charge in [0.05, 0.1) is 0 Å². The Morgan fingerprint density at radius 2 is 1.83 bits per heavy atom. The van der Waals surface area contributed by atoms with Crippen LogP contribution in [0.5, 0.6) is 0 Å². The van der Waals surface area contributed by atoms with Gasteiger partial charge in [-0.3, -0.25) is 0 Å². The van der Waals surface area contributed by atoms with E-state index in [1.807, 2.05) is 30.3 Å². The fourth-order valence-corrected chi connectivity index (χ4v) is 2.57. The highest BCUT2D eigenvalue weighted by Gasteiger charge is 2.16. The molecule has 0 unspecified atom stereocenters. The van der Waals surface area contributed by atoms with Crippen LogP contribution < -0.4 is 11.1 Å². The number of nitrogens with two attached hydrogens (primary N) is 1. The average molecular weight is 345 g/mol. The van der Waals surface area contributed by atoms with Crippen molar-refractivity contribution in [1.29, 1.82) is 0 Å². The Bertz CT molecular complexity index is 984. The third kappa shape index (κ3) is 3.33. The van der Waals surface area contributed by atoms with Crippen molar-refractivity contribution in [3.05, 3.63) is 42.1 Å². The summed E-state index contributed by atoms with van der Waals surface area (Å²) in [4.78, 5) is 12.0. The molecule has 0 saturated heterocycles. The summed E-state index contributed by atoms with van der Waals surface area (Å²) in [6.45, 7) is 1.66. The number of aromatic nitrogens is 5. The largest absolute Gasteiger partial charge is 0.368 e. The number of benzene rings is 1. The smallest absolute Gasteiger partial charge is 0.249 e. The SMILES string of the molecule is Cc1cc(-n2nc(Nc3ccccc3)nc2N)nc(S(C)(=O)=O)n1. The topological polar surface area (TPSA) is 129 Å². The first-order valence-corrected chi connectivity index (χ1v) is 8.83. The van der Waals surface area contributed by atoms with E-state index in [1.54, 1.807) is 13.0 Å². The van der Waals surface area contributed by atoms with E-state index in [4.69, 9.17) is 5.73 Å². The van der Waals surface area contributed by atoms with Crippen LogP contribution in [0, 0.1) is 6.92 Å². The van der Waals surface area contributed by atoms with Crippen molar-refractivity contribution in [3.63, 3.8) is 0 Å². The van der Waals surface area contributed by atoms with Gasteiger partial charge in [0.25, 0.3) is 0 Å². The summed E-state index contributed by atoms with van der Waals surface area (Å²) >= 11 is 0. The summed E-state index contributed by atoms with van der Waals surface area (Å²) in [6, 6.07) is 10.9. The molecule has 0 aliphatic heterocycles. The van der Waals surface area contributed by atoms with Gasteiger partial charge in [0.15, 0.2) is 5.82 Å². The van der Waals surface area contributed by atoms with Crippen molar-refractivity contribution in [1.82, 2.24) is 24.7 Å². The van der Waals surface area contributed by atoms with Crippen molar-refractivity contribution >= 4 is 27.4 Å². The van der Waals surface area contributed by atoms with Gasteiger partial charge in [0, 0.05) is 23.7 Å². The lowest BCUT2D eigenvalue weighted by molar-refractivity contribution is 0.591. The van der Waals surface area contributed by atoms with E-state index in [0.29, 0.717) is 5.69 Å². The first-order valence-electron chi connectivity index (χ1n) is 6.93. The second-order valence-electron chi connectivity index (χ2n) is 5.12. The summed E-state index contributed by atoms with van der Waals surface area (Å²) in [7, 11) is -3.55. The molecule has 0 spiro atoms. The first kappa shape index (κ1) is 15.9. The van der Waals surface area contributed by atoms with Crippen LogP contribution in [0.4, 0.5) is 17.6 Å². The molecule has 0 amide bonds. The summed E-state index contributed by atoms with van der Waals surface area (Å²) < 4.78 is 24.6. The highest BCUT2D eigenvalue weighted by Crippen LogP contribution is 2.17. The third-order valence-corrected chi connectivity index (χ3v) is 3.88. The minimum Gasteiger partial charge on any atom is -0.368 e. The standard InChI is InChI=1S/C14H15N7O2S/c1-9-8-11(18-14(16-9)24(2,22)23)21-12(15)19-13(20-21)17-10-6-4-3-5-7-10/h3-8H,1-2H3,(H3,15,17,19,20). The molecule has 0 bridgehead atoms. The van der Waals surface area contributed by atoms with E-state index in [1.165, 1.54) is 4.68 Å². The van der Waals surface area contributed by atoms with Crippen molar-refractivity contribution < 1.29 is 8.42 Å². The van der Waals surface area contributed by atoms with E-state index >= 15 is 0 Å². The highest BCUT2D eigenvalue weighted by molar-refractivity contribution is 7.90. The molecule has 10 heteroatoms. The quantitative estimate of drug-likeness (QED) is 0.672. The Labute approximate surface area is 138 Å². The van der Waals surface area contributed by atoms with E-state index in [0.717, 1.165) is 11.9 Å². The van der Waals surface area contributed by atoms with Crippen LogP contribution in [-0.4, -0.2) is 39.4 Å². The number of nitrogens with one attached hydrogen (secondary N) is 1. The molecule has 9 nitrogen and oxygen atoms in total. The number of anilines is 3. The zero-order chi connectivity index (χ0) is 17.3. The predicted molar refractivity (Wildman–Crippen MR) is 88.9 cm³/mol. The van der Waals surface area contributed by atoms with Crippen LogP contribution in [0.25, 0.3) is 5.82 Å². The van der Waals surface area contributed by atoms with Gasteiger partial charge in [-0.05, 0) is 19.1 Å². The number of rotatable bonds is 4. The van der Waals surface area contributed by atoms with Gasteiger partial charge in [-0.2, -0.15) is 14.6 Å². The van der Waals surface area contributed by atoms with Crippen molar-refractivity contribution in [2.24, 2.45) is 0 Å². The maximum atomic E-state index is 11.7. The van der Waals surface area contributed by atoms with Gasteiger partial charge in [0.2, 0.25) is 26.9 Å². The fourth-order valence-electron chi connectivity index (χ4n) is 2.00. The highest BCUT2D eigenvalue weighted by atomic mass is 32.2. The molecule has 0 aliphatic carbocycles. The van der Waals surface area contributed by atoms with Gasteiger partial charge in [-0.25, -0.2) is 13.4 Å². The van der Waals surface area contributed by atoms with E-state index < -0.39 is 9.84 Å². The molecular weight excluding hydrogens is 330 g/mol. The number of para-hydroxylation sites is 1. The van der Waals surface area contributed by atoms with E-state index in [9.17, 15) is 8.42 Å². The lowest BCUT2D eigenvalue weighted by Crippen LogP contribution is -2.11. The molecule has 0 fully saturated rings. The summed E-state index contributed by atoms with van der Waals surface area (Å²) in [5, 5.41) is 6.95. The summed E-state index contributed by atoms with van der Waals surface area (Å²) in [6.07, 6.45) is 1.04. The van der Waals surface area contributed by atoms with Crippen LogP contribution >= 0.6 is 0 Å². The summed E-state index contributed by atoms with van der Waals surface area (Å²) in [5.74, 6) is 0.580. The minimum absolute atomic E-state index is 0.0750. The predicted octanol–water partition coefficient (Wildman–Crippen LogP) is 1.10. The maximum Gasteiger partial charge on any atom is 0.249 e. The molecular formula is C14H15N7O2S. The molecule has 124 valence electrons. The lowest BCUT2D eigenvalue weighted by Gasteiger charge is -2.05. The van der Waals surface area contributed by atoms with Crippen LogP contribution in [0.15, 0.2) is 41.6 Å². The fraction of sp³-hybridized carbons (Fsp3) is 0.143. The van der Waals surface area contributed by atoms with E-state index in [-0.39, 0.29) is 22.9 Å². The molecule has 1 aromatic carbocycles. The molecule has 3 rings (SSSR count). The molecule has 2 aromatic heterocycles. The van der Waals surface area contributed by atoms with Crippen LogP contribution in [0.1, 0.15) is 5.69 Å². The van der Waals surface area contributed by atoms with Crippen LogP contribution in [0.2, 0.25) is 0 Å². The Morgan fingerprint density at radius 3 is 2.50 bits per heavy atom. The van der Waals surface area contributed by atoms with Gasteiger partial charge >= 0.3 is 0 Å². The van der Waals surface area contributed by atoms with Crippen molar-refractivity contribution in [2.45, 2.75) is 12.1 Å². The second-order valence-corrected chi connectivity index (χ2v) is 7.03. The van der Waals surface area contributed by atoms with Gasteiger partial charge in [-0.15, -0.1) is 5.10 Å².